The summed E-state index contributed by atoms with van der Waals surface area (Å²) in [6.45, 7) is 4.02. The van der Waals surface area contributed by atoms with Crippen LogP contribution in [0.1, 0.15) is 11.1 Å². The minimum atomic E-state index is -0.247. The van der Waals surface area contributed by atoms with Crippen molar-refractivity contribution in [1.29, 1.82) is 0 Å². The largest absolute Gasteiger partial charge is 0.507 e. The zero-order valence-electron chi connectivity index (χ0n) is 17.8. The van der Waals surface area contributed by atoms with Crippen molar-refractivity contribution in [3.8, 4) is 22.8 Å². The molecule has 3 aromatic carbocycles. The highest BCUT2D eigenvalue weighted by Crippen LogP contribution is 2.34. The van der Waals surface area contributed by atoms with Gasteiger partial charge in [0.15, 0.2) is 11.0 Å². The van der Waals surface area contributed by atoms with Crippen LogP contribution in [0.4, 0.5) is 5.69 Å². The molecule has 0 saturated heterocycles. The molecule has 0 aliphatic rings. The number of phenols is 1. The fourth-order valence-electron chi connectivity index (χ4n) is 3.38. The molecule has 1 amide bonds. The highest BCUT2D eigenvalue weighted by atomic mass is 35.5. The number of thioether (sulfide) groups is 1. The van der Waals surface area contributed by atoms with E-state index in [-0.39, 0.29) is 17.4 Å². The van der Waals surface area contributed by atoms with Gasteiger partial charge in [-0.05, 0) is 55.8 Å². The molecule has 0 aliphatic carbocycles. The highest BCUT2D eigenvalue weighted by Gasteiger charge is 2.20. The third-order valence-electron chi connectivity index (χ3n) is 4.91. The van der Waals surface area contributed by atoms with E-state index in [1.165, 1.54) is 11.8 Å². The Morgan fingerprint density at radius 2 is 1.85 bits per heavy atom. The summed E-state index contributed by atoms with van der Waals surface area (Å²) in [5.74, 6) is 0.428. The van der Waals surface area contributed by atoms with Gasteiger partial charge in [-0.1, -0.05) is 64.8 Å². The van der Waals surface area contributed by atoms with Gasteiger partial charge in [0, 0.05) is 5.02 Å². The molecule has 0 fully saturated rings. The van der Waals surface area contributed by atoms with Gasteiger partial charge < -0.3 is 10.4 Å². The van der Waals surface area contributed by atoms with E-state index in [2.05, 4.69) is 21.6 Å². The minimum absolute atomic E-state index is 0.0861. The lowest BCUT2D eigenvalue weighted by molar-refractivity contribution is -0.113. The highest BCUT2D eigenvalue weighted by molar-refractivity contribution is 7.99. The molecule has 1 aromatic heterocycles. The number of carbonyl (C=O) groups excluding carboxylic acids is 1. The zero-order valence-corrected chi connectivity index (χ0v) is 20.2. The summed E-state index contributed by atoms with van der Waals surface area (Å²) < 4.78 is 1.86. The Morgan fingerprint density at radius 1 is 1.06 bits per heavy atom. The fraction of sp³-hybridized carbons (Fsp3) is 0.125. The number of aryl methyl sites for hydroxylation is 2. The van der Waals surface area contributed by atoms with Gasteiger partial charge >= 0.3 is 0 Å². The van der Waals surface area contributed by atoms with Crippen LogP contribution in [0, 0.1) is 13.8 Å². The first-order chi connectivity index (χ1) is 15.8. The van der Waals surface area contributed by atoms with Crippen LogP contribution in [0.2, 0.25) is 10.0 Å². The van der Waals surface area contributed by atoms with E-state index in [0.29, 0.717) is 32.3 Å². The number of hydrogen-bond donors (Lipinski definition) is 2. The molecule has 0 spiro atoms. The van der Waals surface area contributed by atoms with Gasteiger partial charge in [0.05, 0.1) is 27.7 Å². The van der Waals surface area contributed by atoms with Crippen molar-refractivity contribution in [3.63, 3.8) is 0 Å². The van der Waals surface area contributed by atoms with Gasteiger partial charge in [0.1, 0.15) is 5.75 Å². The number of anilines is 1. The number of carbonyl (C=O) groups is 1. The van der Waals surface area contributed by atoms with Crippen molar-refractivity contribution in [2.45, 2.75) is 19.0 Å². The van der Waals surface area contributed by atoms with Gasteiger partial charge in [0.25, 0.3) is 0 Å². The summed E-state index contributed by atoms with van der Waals surface area (Å²) in [5, 5.41) is 23.2. The molecule has 0 radical (unpaired) electrons. The maximum absolute atomic E-state index is 12.6. The van der Waals surface area contributed by atoms with Crippen molar-refractivity contribution < 1.29 is 9.90 Å². The van der Waals surface area contributed by atoms with Gasteiger partial charge in [-0.2, -0.15) is 0 Å². The predicted octanol–water partition coefficient (Wildman–Crippen LogP) is 6.29. The van der Waals surface area contributed by atoms with Gasteiger partial charge in [-0.25, -0.2) is 0 Å². The monoisotopic (exact) mass is 498 g/mol. The van der Waals surface area contributed by atoms with Crippen molar-refractivity contribution in [3.05, 3.63) is 81.8 Å². The number of nitrogens with one attached hydrogen (secondary N) is 1. The molecule has 9 heteroatoms. The fourth-order valence-corrected chi connectivity index (χ4v) is 4.58. The third kappa shape index (κ3) is 5.16. The van der Waals surface area contributed by atoms with Crippen LogP contribution in [0.25, 0.3) is 17.1 Å². The second-order valence-electron chi connectivity index (χ2n) is 7.41. The number of aromatic hydroxyl groups is 1. The Labute approximate surface area is 205 Å². The number of phenolic OH excluding ortho intramolecular Hbond substituents is 1. The molecule has 33 heavy (non-hydrogen) atoms. The molecule has 2 N–H and O–H groups in total. The molecule has 0 unspecified atom stereocenters. The SMILES string of the molecule is Cc1ccc(-n2c(SCC(=O)Nc3ccc(Cl)cc3Cl)nnc2-c2ccccc2O)c(C)c1. The van der Waals surface area contributed by atoms with Crippen LogP contribution in [0.5, 0.6) is 5.75 Å². The van der Waals surface area contributed by atoms with E-state index in [1.54, 1.807) is 36.4 Å². The second-order valence-corrected chi connectivity index (χ2v) is 9.20. The van der Waals surface area contributed by atoms with Crippen LogP contribution in [-0.2, 0) is 4.79 Å². The van der Waals surface area contributed by atoms with Crippen molar-refractivity contribution >= 4 is 46.6 Å². The molecule has 4 aromatic rings. The van der Waals surface area contributed by atoms with Crippen LogP contribution in [0.15, 0.2) is 65.8 Å². The van der Waals surface area contributed by atoms with Crippen LogP contribution < -0.4 is 5.32 Å². The number of benzene rings is 3. The average molecular weight is 499 g/mol. The van der Waals surface area contributed by atoms with Crippen molar-refractivity contribution in [2.75, 3.05) is 11.1 Å². The first-order valence-electron chi connectivity index (χ1n) is 10.0. The van der Waals surface area contributed by atoms with E-state index in [9.17, 15) is 9.90 Å². The number of nitrogens with zero attached hydrogens (tertiary/aromatic N) is 3. The maximum atomic E-state index is 12.6. The maximum Gasteiger partial charge on any atom is 0.234 e. The number of para-hydroxylation sites is 1. The Kier molecular flexibility index (Phi) is 6.93. The zero-order chi connectivity index (χ0) is 23.5. The molecule has 6 nitrogen and oxygen atoms in total. The summed E-state index contributed by atoms with van der Waals surface area (Å²) in [6, 6.07) is 17.9. The van der Waals surface area contributed by atoms with Crippen molar-refractivity contribution in [2.24, 2.45) is 0 Å². The van der Waals surface area contributed by atoms with Crippen LogP contribution >= 0.6 is 35.0 Å². The van der Waals surface area contributed by atoms with E-state index in [0.717, 1.165) is 16.8 Å². The molecule has 0 aliphatic heterocycles. The van der Waals surface area contributed by atoms with E-state index >= 15 is 0 Å². The average Bonchev–Trinajstić information content (AvgIpc) is 3.18. The first kappa shape index (κ1) is 23.2. The topological polar surface area (TPSA) is 80.0 Å². The lowest BCUT2D eigenvalue weighted by atomic mass is 10.1. The van der Waals surface area contributed by atoms with Gasteiger partial charge in [-0.15, -0.1) is 10.2 Å². The molecule has 0 atom stereocenters. The van der Waals surface area contributed by atoms with Gasteiger partial charge in [0.2, 0.25) is 5.91 Å². The lowest BCUT2D eigenvalue weighted by Crippen LogP contribution is -2.15. The molecule has 0 bridgehead atoms. The third-order valence-corrected chi connectivity index (χ3v) is 6.39. The standard InChI is InChI=1S/C24H20Cl2N4O2S/c1-14-7-10-20(15(2)11-14)30-23(17-5-3-4-6-21(17)31)28-29-24(30)33-13-22(32)27-19-9-8-16(25)12-18(19)26/h3-12,31H,13H2,1-2H3,(H,27,32). The second kappa shape index (κ2) is 9.87. The van der Waals surface area contributed by atoms with E-state index in [1.807, 2.05) is 36.6 Å². The first-order valence-corrected chi connectivity index (χ1v) is 11.8. The summed E-state index contributed by atoms with van der Waals surface area (Å²) in [7, 11) is 0. The Hall–Kier alpha value is -3.00. The molecule has 4 rings (SSSR count). The normalized spacial score (nSPS) is 10.9. The smallest absolute Gasteiger partial charge is 0.234 e. The van der Waals surface area contributed by atoms with Crippen LogP contribution in [0.3, 0.4) is 0 Å². The van der Waals surface area contributed by atoms with Gasteiger partial charge in [-0.3, -0.25) is 9.36 Å². The molecular formula is C24H20Cl2N4O2S. The lowest BCUT2D eigenvalue weighted by Gasteiger charge is -2.14. The number of halogens is 2. The Morgan fingerprint density at radius 3 is 2.58 bits per heavy atom. The number of aromatic nitrogens is 3. The molecule has 0 saturated carbocycles. The van der Waals surface area contributed by atoms with Crippen molar-refractivity contribution in [1.82, 2.24) is 14.8 Å². The predicted molar refractivity (Wildman–Crippen MR) is 134 cm³/mol. The quantitative estimate of drug-likeness (QED) is 0.305. The summed E-state index contributed by atoms with van der Waals surface area (Å²) in [4.78, 5) is 12.6. The van der Waals surface area contributed by atoms with Crippen LogP contribution in [-0.4, -0.2) is 31.5 Å². The number of rotatable bonds is 6. The number of amides is 1. The summed E-state index contributed by atoms with van der Waals surface area (Å²) >= 11 is 13.3. The minimum Gasteiger partial charge on any atom is -0.507 e. The Balaban J connectivity index is 1.65. The summed E-state index contributed by atoms with van der Waals surface area (Å²) in [6.07, 6.45) is 0. The summed E-state index contributed by atoms with van der Waals surface area (Å²) in [5.41, 5.74) is 4.05. The number of hydrogen-bond acceptors (Lipinski definition) is 5. The molecular weight excluding hydrogens is 479 g/mol. The molecule has 168 valence electrons. The molecule has 1 heterocycles. The van der Waals surface area contributed by atoms with E-state index in [4.69, 9.17) is 23.2 Å². The van der Waals surface area contributed by atoms with E-state index < -0.39 is 0 Å². The Bertz CT molecular complexity index is 1340.